The monoisotopic (exact) mass is 868 g/mol. The summed E-state index contributed by atoms with van der Waals surface area (Å²) in [5.41, 5.74) is 0. The summed E-state index contributed by atoms with van der Waals surface area (Å²) in [6.45, 7) is 15.0. The van der Waals surface area contributed by atoms with Crippen LogP contribution in [0.15, 0.2) is 0 Å². The summed E-state index contributed by atoms with van der Waals surface area (Å²) in [4.78, 5) is 11.6. The van der Waals surface area contributed by atoms with Gasteiger partial charge in [-0.15, -0.1) is 0 Å². The number of unbranched alkanes of at least 4 members (excludes halogenated alkanes) is 6. The molecule has 0 heterocycles. The summed E-state index contributed by atoms with van der Waals surface area (Å²) in [5.74, 6) is -0.152. The molecule has 312 valence electrons. The number of alkyl halides is 1. The van der Waals surface area contributed by atoms with Crippen molar-refractivity contribution in [2.24, 2.45) is 0 Å². The SMILES string of the molecule is CCCCCCC(=O)OCCOCCOCCOCCOCCOCCOCCOCCOCCOCCOCCOCCOCCCCCCI. The summed E-state index contributed by atoms with van der Waals surface area (Å²) in [6.07, 6.45) is 9.73. The molecule has 0 aliphatic rings. The van der Waals surface area contributed by atoms with Crippen LogP contribution < -0.4 is 0 Å². The first-order valence-electron chi connectivity index (χ1n) is 19.5. The number of esters is 1. The van der Waals surface area contributed by atoms with Crippen LogP contribution in [0.5, 0.6) is 0 Å². The van der Waals surface area contributed by atoms with Gasteiger partial charge in [0.1, 0.15) is 6.61 Å². The molecule has 0 spiro atoms. The number of halogens is 1. The lowest BCUT2D eigenvalue weighted by Crippen LogP contribution is -2.15. The summed E-state index contributed by atoms with van der Waals surface area (Å²) in [5, 5.41) is 0. The van der Waals surface area contributed by atoms with Gasteiger partial charge < -0.3 is 61.6 Å². The fraction of sp³-hybridized carbons (Fsp3) is 0.973. The fourth-order valence-corrected chi connectivity index (χ4v) is 4.70. The molecule has 0 saturated heterocycles. The normalized spacial score (nSPS) is 11.5. The topological polar surface area (TPSA) is 137 Å². The minimum Gasteiger partial charge on any atom is -0.463 e. The van der Waals surface area contributed by atoms with Crippen molar-refractivity contribution in [3.63, 3.8) is 0 Å². The zero-order valence-electron chi connectivity index (χ0n) is 32.3. The largest absolute Gasteiger partial charge is 0.463 e. The molecule has 0 aliphatic carbocycles. The quantitative estimate of drug-likeness (QED) is 0.0362. The van der Waals surface area contributed by atoms with Gasteiger partial charge in [0.25, 0.3) is 0 Å². The zero-order chi connectivity index (χ0) is 37.5. The number of hydrogen-bond acceptors (Lipinski definition) is 14. The van der Waals surface area contributed by atoms with Crippen LogP contribution in [0.3, 0.4) is 0 Å². The second-order valence-electron chi connectivity index (χ2n) is 11.5. The predicted molar refractivity (Wildman–Crippen MR) is 207 cm³/mol. The molecule has 0 fully saturated rings. The second-order valence-corrected chi connectivity index (χ2v) is 12.6. The van der Waals surface area contributed by atoms with Gasteiger partial charge in [0, 0.05) is 13.0 Å². The Bertz CT molecular complexity index is 668. The molecule has 0 radical (unpaired) electrons. The first kappa shape index (κ1) is 51.7. The Morgan fingerprint density at radius 2 is 0.596 bits per heavy atom. The first-order chi connectivity index (χ1) is 25.8. The Hall–Kier alpha value is -0.280. The third-order valence-corrected chi connectivity index (χ3v) is 7.75. The Morgan fingerprint density at radius 1 is 0.327 bits per heavy atom. The minimum atomic E-state index is -0.152. The molecule has 0 N–H and O–H groups in total. The standard InChI is InChI=1S/C37H73IO14/c1-2-3-4-7-10-37(39)52-36-35-51-34-33-50-32-31-49-30-29-48-28-27-47-26-25-46-24-23-45-22-21-44-20-19-43-18-17-42-16-15-41-14-13-40-12-9-6-5-8-11-38/h2-36H2,1H3. The molecule has 0 aromatic carbocycles. The lowest BCUT2D eigenvalue weighted by atomic mass is 10.2. The van der Waals surface area contributed by atoms with Crippen molar-refractivity contribution >= 4 is 28.6 Å². The molecule has 0 atom stereocenters. The number of ether oxygens (including phenoxy) is 13. The van der Waals surface area contributed by atoms with Crippen molar-refractivity contribution in [1.82, 2.24) is 0 Å². The number of carbonyl (C=O) groups excluding carboxylic acids is 1. The maximum Gasteiger partial charge on any atom is 0.305 e. The molecule has 0 amide bonds. The molecule has 0 bridgehead atoms. The molecule has 0 aromatic heterocycles. The summed E-state index contributed by atoms with van der Waals surface area (Å²) in [7, 11) is 0. The highest BCUT2D eigenvalue weighted by Gasteiger charge is 2.02. The highest BCUT2D eigenvalue weighted by atomic mass is 127. The van der Waals surface area contributed by atoms with Crippen LogP contribution >= 0.6 is 22.6 Å². The van der Waals surface area contributed by atoms with E-state index in [4.69, 9.17) is 61.6 Å². The predicted octanol–water partition coefficient (Wildman–Crippen LogP) is 4.69. The molecule has 52 heavy (non-hydrogen) atoms. The van der Waals surface area contributed by atoms with Crippen molar-refractivity contribution in [3.8, 4) is 0 Å². The maximum atomic E-state index is 11.6. The lowest BCUT2D eigenvalue weighted by Gasteiger charge is -2.09. The van der Waals surface area contributed by atoms with E-state index in [-0.39, 0.29) is 12.6 Å². The third kappa shape index (κ3) is 47.7. The fourth-order valence-electron chi connectivity index (χ4n) is 4.16. The van der Waals surface area contributed by atoms with E-state index in [9.17, 15) is 4.79 Å². The van der Waals surface area contributed by atoms with Gasteiger partial charge in [-0.05, 0) is 23.7 Å². The van der Waals surface area contributed by atoms with Crippen molar-refractivity contribution in [3.05, 3.63) is 0 Å². The van der Waals surface area contributed by atoms with E-state index in [1.54, 1.807) is 0 Å². The van der Waals surface area contributed by atoms with Gasteiger partial charge in [-0.25, -0.2) is 0 Å². The Balaban J connectivity index is 3.08. The Morgan fingerprint density at radius 3 is 0.904 bits per heavy atom. The van der Waals surface area contributed by atoms with Crippen LogP contribution in [0.4, 0.5) is 0 Å². The van der Waals surface area contributed by atoms with Crippen LogP contribution in [0, 0.1) is 0 Å². The van der Waals surface area contributed by atoms with E-state index < -0.39 is 0 Å². The van der Waals surface area contributed by atoms with Gasteiger partial charge >= 0.3 is 5.97 Å². The molecule has 0 rings (SSSR count). The van der Waals surface area contributed by atoms with Gasteiger partial charge in [0.05, 0.1) is 152 Å². The average Bonchev–Trinajstić information content (AvgIpc) is 3.15. The lowest BCUT2D eigenvalue weighted by molar-refractivity contribution is -0.145. The van der Waals surface area contributed by atoms with E-state index in [1.807, 2.05) is 0 Å². The minimum absolute atomic E-state index is 0.152. The van der Waals surface area contributed by atoms with E-state index in [0.29, 0.717) is 158 Å². The summed E-state index contributed by atoms with van der Waals surface area (Å²) in [6, 6.07) is 0. The van der Waals surface area contributed by atoms with Gasteiger partial charge in [0.15, 0.2) is 0 Å². The van der Waals surface area contributed by atoms with E-state index in [2.05, 4.69) is 29.5 Å². The summed E-state index contributed by atoms with van der Waals surface area (Å²) >= 11 is 2.42. The third-order valence-electron chi connectivity index (χ3n) is 6.99. The number of carbonyl (C=O) groups is 1. The van der Waals surface area contributed by atoms with E-state index in [0.717, 1.165) is 38.7 Å². The molecule has 0 unspecified atom stereocenters. The van der Waals surface area contributed by atoms with Crippen LogP contribution in [0.2, 0.25) is 0 Å². The molecule has 0 saturated carbocycles. The Labute approximate surface area is 328 Å². The van der Waals surface area contributed by atoms with Crippen LogP contribution in [0.1, 0.15) is 64.7 Å². The van der Waals surface area contributed by atoms with Crippen molar-refractivity contribution < 1.29 is 66.4 Å². The second kappa shape index (κ2) is 48.7. The molecular formula is C37H73IO14. The van der Waals surface area contributed by atoms with Crippen molar-refractivity contribution in [1.29, 1.82) is 0 Å². The molecule has 0 aromatic rings. The Kier molecular flexibility index (Phi) is 48.5. The van der Waals surface area contributed by atoms with Gasteiger partial charge in [-0.2, -0.15) is 0 Å². The van der Waals surface area contributed by atoms with Crippen molar-refractivity contribution in [2.45, 2.75) is 64.7 Å². The average molecular weight is 869 g/mol. The zero-order valence-corrected chi connectivity index (χ0v) is 34.5. The van der Waals surface area contributed by atoms with Crippen molar-refractivity contribution in [2.75, 3.05) is 170 Å². The van der Waals surface area contributed by atoms with Gasteiger partial charge in [0.2, 0.25) is 0 Å². The molecule has 15 heteroatoms. The van der Waals surface area contributed by atoms with Gasteiger partial charge in [-0.1, -0.05) is 61.6 Å². The van der Waals surface area contributed by atoms with Crippen LogP contribution in [-0.4, -0.2) is 176 Å². The first-order valence-corrected chi connectivity index (χ1v) is 21.0. The van der Waals surface area contributed by atoms with E-state index >= 15 is 0 Å². The molecular weight excluding hydrogens is 795 g/mol. The highest BCUT2D eigenvalue weighted by Crippen LogP contribution is 2.04. The smallest absolute Gasteiger partial charge is 0.305 e. The number of rotatable bonds is 47. The van der Waals surface area contributed by atoms with Crippen LogP contribution in [0.25, 0.3) is 0 Å². The molecule has 14 nitrogen and oxygen atoms in total. The van der Waals surface area contributed by atoms with Gasteiger partial charge in [-0.3, -0.25) is 4.79 Å². The van der Waals surface area contributed by atoms with E-state index in [1.165, 1.54) is 23.7 Å². The summed E-state index contributed by atoms with van der Waals surface area (Å²) < 4.78 is 72.2. The maximum absolute atomic E-state index is 11.6. The highest BCUT2D eigenvalue weighted by molar-refractivity contribution is 14.1. The molecule has 0 aliphatic heterocycles. The number of hydrogen-bond donors (Lipinski definition) is 0. The van der Waals surface area contributed by atoms with Crippen LogP contribution in [-0.2, 0) is 66.4 Å².